The van der Waals surface area contributed by atoms with Gasteiger partial charge in [0.05, 0.1) is 11.8 Å². The number of tetrazole rings is 1. The van der Waals surface area contributed by atoms with Crippen LogP contribution in [0.4, 0.5) is 9.52 Å². The summed E-state index contributed by atoms with van der Waals surface area (Å²) in [5.74, 6) is 0.184. The molecule has 2 aromatic carbocycles. The van der Waals surface area contributed by atoms with Crippen LogP contribution in [0.2, 0.25) is 0 Å². The molecule has 26 heavy (non-hydrogen) atoms. The van der Waals surface area contributed by atoms with Crippen molar-refractivity contribution in [1.29, 1.82) is 0 Å². The Bertz CT molecular complexity index is 1080. The van der Waals surface area contributed by atoms with Gasteiger partial charge in [0.1, 0.15) is 17.1 Å². The number of benzene rings is 2. The van der Waals surface area contributed by atoms with Gasteiger partial charge in [-0.25, -0.2) is 9.37 Å². The van der Waals surface area contributed by atoms with Gasteiger partial charge in [0.15, 0.2) is 5.13 Å². The molecule has 0 unspecified atom stereocenters. The van der Waals surface area contributed by atoms with Gasteiger partial charge in [-0.3, -0.25) is 10.1 Å². The number of ether oxygens (including phenoxy) is 1. The summed E-state index contributed by atoms with van der Waals surface area (Å²) in [7, 11) is 1.54. The molecule has 2 aromatic heterocycles. The number of halogens is 1. The van der Waals surface area contributed by atoms with Crippen LogP contribution in [-0.4, -0.2) is 38.6 Å². The van der Waals surface area contributed by atoms with E-state index in [2.05, 4.69) is 30.9 Å². The van der Waals surface area contributed by atoms with Crippen LogP contribution in [0.15, 0.2) is 36.4 Å². The van der Waals surface area contributed by atoms with Crippen molar-refractivity contribution < 1.29 is 13.9 Å². The monoisotopic (exact) mass is 370 g/mol. The van der Waals surface area contributed by atoms with Crippen LogP contribution >= 0.6 is 11.3 Å². The molecule has 0 aliphatic rings. The largest absolute Gasteiger partial charge is 0.494 e. The Kier molecular flexibility index (Phi) is 4.01. The number of nitrogens with one attached hydrogen (secondary N) is 2. The average molecular weight is 370 g/mol. The fraction of sp³-hybridized carbons (Fsp3) is 0.0625. The molecule has 0 spiro atoms. The molecule has 0 aliphatic carbocycles. The molecule has 0 saturated heterocycles. The van der Waals surface area contributed by atoms with E-state index in [1.165, 1.54) is 35.6 Å². The van der Waals surface area contributed by atoms with E-state index in [-0.39, 0.29) is 5.91 Å². The molecular weight excluding hydrogens is 359 g/mol. The van der Waals surface area contributed by atoms with Crippen molar-refractivity contribution in [2.24, 2.45) is 0 Å². The number of H-pyrrole nitrogens is 1. The Hall–Kier alpha value is -3.40. The summed E-state index contributed by atoms with van der Waals surface area (Å²) < 4.78 is 19.1. The minimum atomic E-state index is -0.406. The fourth-order valence-corrected chi connectivity index (χ4v) is 3.41. The number of aromatic nitrogens is 5. The lowest BCUT2D eigenvalue weighted by atomic mass is 10.2. The van der Waals surface area contributed by atoms with Gasteiger partial charge in [-0.1, -0.05) is 11.3 Å². The molecule has 8 nitrogen and oxygen atoms in total. The lowest BCUT2D eigenvalue weighted by molar-refractivity contribution is 0.102. The molecule has 1 amide bonds. The molecule has 4 rings (SSSR count). The number of carbonyl (C=O) groups excluding carboxylic acids is 1. The Balaban J connectivity index is 1.73. The van der Waals surface area contributed by atoms with Crippen LogP contribution in [0, 0.1) is 5.82 Å². The summed E-state index contributed by atoms with van der Waals surface area (Å²) in [6.07, 6.45) is 0. The molecule has 0 aliphatic heterocycles. The fourth-order valence-electron chi connectivity index (χ4n) is 2.42. The first-order chi connectivity index (χ1) is 12.7. The molecular formula is C16H11FN6O2S. The Morgan fingerprint density at radius 2 is 2.04 bits per heavy atom. The predicted octanol–water partition coefficient (Wildman–Crippen LogP) is 2.88. The summed E-state index contributed by atoms with van der Waals surface area (Å²) in [5.41, 5.74) is 1.62. The van der Waals surface area contributed by atoms with Crippen molar-refractivity contribution in [1.82, 2.24) is 25.6 Å². The molecule has 130 valence electrons. The number of carbonyl (C=O) groups is 1. The van der Waals surface area contributed by atoms with Gasteiger partial charge in [0, 0.05) is 11.1 Å². The topological polar surface area (TPSA) is 106 Å². The van der Waals surface area contributed by atoms with E-state index < -0.39 is 5.82 Å². The third-order valence-electron chi connectivity index (χ3n) is 3.64. The van der Waals surface area contributed by atoms with Gasteiger partial charge in [0.25, 0.3) is 5.91 Å². The zero-order valence-corrected chi connectivity index (χ0v) is 14.2. The van der Waals surface area contributed by atoms with Crippen LogP contribution in [-0.2, 0) is 0 Å². The second-order valence-electron chi connectivity index (χ2n) is 5.21. The highest BCUT2D eigenvalue weighted by Gasteiger charge is 2.18. The summed E-state index contributed by atoms with van der Waals surface area (Å²) in [5, 5.41) is 17.0. The van der Waals surface area contributed by atoms with Crippen molar-refractivity contribution in [3.05, 3.63) is 47.8 Å². The number of aromatic amines is 1. The first kappa shape index (κ1) is 16.1. The number of amides is 1. The normalized spacial score (nSPS) is 10.8. The number of hydrogen-bond donors (Lipinski definition) is 2. The first-order valence-electron chi connectivity index (χ1n) is 7.44. The van der Waals surface area contributed by atoms with E-state index in [0.29, 0.717) is 33.3 Å². The van der Waals surface area contributed by atoms with Gasteiger partial charge in [-0.2, -0.15) is 5.21 Å². The maximum absolute atomic E-state index is 13.0. The number of hydrogen-bond acceptors (Lipinski definition) is 7. The van der Waals surface area contributed by atoms with Gasteiger partial charge in [0.2, 0.25) is 5.82 Å². The number of rotatable bonds is 4. The second-order valence-corrected chi connectivity index (χ2v) is 6.21. The molecule has 0 atom stereocenters. The summed E-state index contributed by atoms with van der Waals surface area (Å²) in [4.78, 5) is 16.8. The van der Waals surface area contributed by atoms with E-state index in [0.717, 1.165) is 4.70 Å². The van der Waals surface area contributed by atoms with Crippen LogP contribution in [0.1, 0.15) is 10.4 Å². The predicted molar refractivity (Wildman–Crippen MR) is 93.7 cm³/mol. The molecule has 2 heterocycles. The Morgan fingerprint density at radius 3 is 2.73 bits per heavy atom. The van der Waals surface area contributed by atoms with E-state index in [9.17, 15) is 9.18 Å². The van der Waals surface area contributed by atoms with Crippen LogP contribution in [0.5, 0.6) is 5.75 Å². The van der Waals surface area contributed by atoms with Crippen molar-refractivity contribution in [3.8, 4) is 17.1 Å². The highest BCUT2D eigenvalue weighted by molar-refractivity contribution is 7.23. The summed E-state index contributed by atoms with van der Waals surface area (Å²) >= 11 is 1.26. The maximum Gasteiger partial charge on any atom is 0.257 e. The quantitative estimate of drug-likeness (QED) is 0.572. The molecule has 10 heteroatoms. The highest BCUT2D eigenvalue weighted by atomic mass is 32.1. The number of methoxy groups -OCH3 is 1. The van der Waals surface area contributed by atoms with Crippen molar-refractivity contribution >= 4 is 32.6 Å². The van der Waals surface area contributed by atoms with Gasteiger partial charge < -0.3 is 4.74 Å². The first-order valence-corrected chi connectivity index (χ1v) is 8.25. The van der Waals surface area contributed by atoms with E-state index in [1.807, 2.05) is 0 Å². The second kappa shape index (κ2) is 6.48. The SMILES string of the molecule is COc1ccc(-c2nn[nH]n2)c2sc(NC(=O)c3ccc(F)cc3)nc12. The average Bonchev–Trinajstić information content (AvgIpc) is 3.31. The minimum Gasteiger partial charge on any atom is -0.494 e. The van der Waals surface area contributed by atoms with Crippen molar-refractivity contribution in [3.63, 3.8) is 0 Å². The number of thiazole rings is 1. The standard InChI is InChI=1S/C16H11FN6O2S/c1-25-11-7-6-10(14-20-22-23-21-14)13-12(11)18-16(26-13)19-15(24)8-2-4-9(17)5-3-8/h2-7H,1H3,(H,18,19,24)(H,20,21,22,23). The zero-order chi connectivity index (χ0) is 18.1. The Morgan fingerprint density at radius 1 is 1.23 bits per heavy atom. The summed E-state index contributed by atoms with van der Waals surface area (Å²) in [6, 6.07) is 8.82. The molecule has 0 radical (unpaired) electrons. The lowest BCUT2D eigenvalue weighted by Crippen LogP contribution is -2.11. The molecule has 4 aromatic rings. The van der Waals surface area contributed by atoms with Crippen molar-refractivity contribution in [2.45, 2.75) is 0 Å². The number of anilines is 1. The van der Waals surface area contributed by atoms with Crippen LogP contribution < -0.4 is 10.1 Å². The van der Waals surface area contributed by atoms with Gasteiger partial charge in [-0.05, 0) is 41.6 Å². The smallest absolute Gasteiger partial charge is 0.257 e. The van der Waals surface area contributed by atoms with Gasteiger partial charge >= 0.3 is 0 Å². The number of nitrogens with zero attached hydrogens (tertiary/aromatic N) is 4. The van der Waals surface area contributed by atoms with E-state index >= 15 is 0 Å². The van der Waals surface area contributed by atoms with Gasteiger partial charge in [-0.15, -0.1) is 10.2 Å². The highest BCUT2D eigenvalue weighted by Crippen LogP contribution is 2.38. The molecule has 0 bridgehead atoms. The zero-order valence-electron chi connectivity index (χ0n) is 13.4. The minimum absolute atomic E-state index is 0.330. The number of fused-ring (bicyclic) bond motifs is 1. The van der Waals surface area contributed by atoms with Crippen molar-refractivity contribution in [2.75, 3.05) is 12.4 Å². The van der Waals surface area contributed by atoms with E-state index in [1.54, 1.807) is 19.2 Å². The Labute approximate surface area is 150 Å². The third kappa shape index (κ3) is 2.86. The van der Waals surface area contributed by atoms with Crippen LogP contribution in [0.3, 0.4) is 0 Å². The molecule has 0 saturated carbocycles. The summed E-state index contributed by atoms with van der Waals surface area (Å²) in [6.45, 7) is 0. The maximum atomic E-state index is 13.0. The molecule has 0 fully saturated rings. The van der Waals surface area contributed by atoms with Crippen LogP contribution in [0.25, 0.3) is 21.6 Å². The van der Waals surface area contributed by atoms with E-state index in [4.69, 9.17) is 4.74 Å². The lowest BCUT2D eigenvalue weighted by Gasteiger charge is -2.02. The molecule has 2 N–H and O–H groups in total. The third-order valence-corrected chi connectivity index (χ3v) is 4.64.